The largest absolute Gasteiger partial charge is 0.469 e. The lowest BCUT2D eigenvalue weighted by molar-refractivity contribution is -0.155. The van der Waals surface area contributed by atoms with Gasteiger partial charge in [-0.15, -0.1) is 0 Å². The Hall–Kier alpha value is -1.58. The van der Waals surface area contributed by atoms with Crippen LogP contribution < -0.4 is 0 Å². The Bertz CT molecular complexity index is 433. The smallest absolute Gasteiger partial charge is 0.314 e. The van der Waals surface area contributed by atoms with E-state index in [1.54, 1.807) is 6.92 Å². The van der Waals surface area contributed by atoms with Crippen LogP contribution in [0.1, 0.15) is 32.6 Å². The Kier molecular flexibility index (Phi) is 4.40. The molecule has 0 heterocycles. The number of esters is 2. The third-order valence-electron chi connectivity index (χ3n) is 3.74. The number of hydrogen-bond donors (Lipinski definition) is 0. The summed E-state index contributed by atoms with van der Waals surface area (Å²) >= 11 is 0. The van der Waals surface area contributed by atoms with Crippen molar-refractivity contribution in [1.82, 2.24) is 0 Å². The zero-order valence-corrected chi connectivity index (χ0v) is 11.5. The molecule has 0 bridgehead atoms. The van der Waals surface area contributed by atoms with Crippen LogP contribution in [0.4, 0.5) is 0 Å². The summed E-state index contributed by atoms with van der Waals surface area (Å²) in [6, 6.07) is 0. The van der Waals surface area contributed by atoms with Crippen LogP contribution in [0.5, 0.6) is 0 Å². The molecule has 2 rings (SSSR count). The highest BCUT2D eigenvalue weighted by Gasteiger charge is 2.36. The van der Waals surface area contributed by atoms with E-state index in [9.17, 15) is 9.59 Å². The van der Waals surface area contributed by atoms with E-state index in [1.807, 2.05) is 12.2 Å². The predicted octanol–water partition coefficient (Wildman–Crippen LogP) is 2.40. The van der Waals surface area contributed by atoms with Crippen molar-refractivity contribution in [3.8, 4) is 0 Å². The van der Waals surface area contributed by atoms with Crippen LogP contribution in [0.2, 0.25) is 0 Å². The second kappa shape index (κ2) is 6.04. The van der Waals surface area contributed by atoms with Crippen LogP contribution in [0.25, 0.3) is 0 Å². The Morgan fingerprint density at radius 3 is 2.11 bits per heavy atom. The van der Waals surface area contributed by atoms with Gasteiger partial charge in [-0.05, 0) is 43.8 Å². The van der Waals surface area contributed by atoms with Crippen molar-refractivity contribution < 1.29 is 19.1 Å². The Morgan fingerprint density at radius 1 is 1.11 bits per heavy atom. The van der Waals surface area contributed by atoms with E-state index in [0.717, 1.165) is 25.7 Å². The van der Waals surface area contributed by atoms with Crippen molar-refractivity contribution in [3.05, 3.63) is 23.3 Å². The number of rotatable bonds is 3. The van der Waals surface area contributed by atoms with E-state index in [0.29, 0.717) is 6.61 Å². The van der Waals surface area contributed by atoms with Gasteiger partial charge in [0.15, 0.2) is 0 Å². The normalized spacial score (nSPS) is 25.8. The second-order valence-electron chi connectivity index (χ2n) is 4.92. The molecular formula is C15H20O4. The van der Waals surface area contributed by atoms with Gasteiger partial charge in [0, 0.05) is 0 Å². The van der Waals surface area contributed by atoms with Crippen molar-refractivity contribution in [2.24, 2.45) is 11.8 Å². The molecule has 0 aromatic rings. The number of fused-ring (bicyclic) bond motifs is 1. The maximum atomic E-state index is 12.0. The van der Waals surface area contributed by atoms with Gasteiger partial charge in [-0.2, -0.15) is 0 Å². The third-order valence-corrected chi connectivity index (χ3v) is 3.74. The molecule has 0 amide bonds. The molecule has 0 aromatic carbocycles. The zero-order chi connectivity index (χ0) is 13.8. The summed E-state index contributed by atoms with van der Waals surface area (Å²) in [7, 11) is 1.35. The van der Waals surface area contributed by atoms with Crippen molar-refractivity contribution in [2.45, 2.75) is 32.6 Å². The first kappa shape index (κ1) is 13.8. The minimum atomic E-state index is -0.541. The molecule has 0 spiro atoms. The number of carbonyl (C=O) groups excluding carboxylic acids is 2. The molecule has 0 N–H and O–H groups in total. The molecule has 1 saturated carbocycles. The van der Waals surface area contributed by atoms with Gasteiger partial charge in [-0.3, -0.25) is 9.59 Å². The molecule has 2 aliphatic rings. The first-order valence-corrected chi connectivity index (χ1v) is 6.83. The van der Waals surface area contributed by atoms with Crippen molar-refractivity contribution >= 4 is 11.9 Å². The van der Waals surface area contributed by atoms with Crippen molar-refractivity contribution in [2.75, 3.05) is 13.7 Å². The Morgan fingerprint density at radius 2 is 1.63 bits per heavy atom. The predicted molar refractivity (Wildman–Crippen MR) is 70.3 cm³/mol. The summed E-state index contributed by atoms with van der Waals surface area (Å²) in [5, 5.41) is 0. The van der Waals surface area contributed by atoms with Gasteiger partial charge in [0.05, 0.1) is 25.6 Å². The number of carbonyl (C=O) groups is 2. The van der Waals surface area contributed by atoms with Gasteiger partial charge in [0.2, 0.25) is 0 Å². The average Bonchev–Trinajstić information content (AvgIpc) is 2.45. The van der Waals surface area contributed by atoms with E-state index >= 15 is 0 Å². The van der Waals surface area contributed by atoms with E-state index in [1.165, 1.54) is 18.3 Å². The van der Waals surface area contributed by atoms with E-state index in [2.05, 4.69) is 0 Å². The first-order valence-electron chi connectivity index (χ1n) is 6.83. The molecule has 2 aliphatic carbocycles. The molecule has 0 saturated heterocycles. The van der Waals surface area contributed by atoms with Gasteiger partial charge in [-0.1, -0.05) is 12.2 Å². The van der Waals surface area contributed by atoms with Crippen LogP contribution in [0, 0.1) is 11.8 Å². The molecule has 2 unspecified atom stereocenters. The van der Waals surface area contributed by atoms with Gasteiger partial charge in [-0.25, -0.2) is 0 Å². The molecule has 0 aromatic heterocycles. The van der Waals surface area contributed by atoms with Crippen molar-refractivity contribution in [3.63, 3.8) is 0 Å². The summed E-state index contributed by atoms with van der Waals surface area (Å²) in [4.78, 5) is 23.9. The maximum Gasteiger partial charge on any atom is 0.314 e. The Labute approximate surface area is 113 Å². The lowest BCUT2D eigenvalue weighted by Gasteiger charge is -2.29. The van der Waals surface area contributed by atoms with Gasteiger partial charge >= 0.3 is 11.9 Å². The third kappa shape index (κ3) is 2.88. The number of ether oxygens (including phenoxy) is 2. The molecule has 4 heteroatoms. The summed E-state index contributed by atoms with van der Waals surface area (Å²) in [5.74, 6) is -1.79. The molecule has 104 valence electrons. The molecule has 0 radical (unpaired) electrons. The van der Waals surface area contributed by atoms with Crippen LogP contribution in [-0.4, -0.2) is 25.7 Å². The van der Waals surface area contributed by atoms with Gasteiger partial charge in [0.25, 0.3) is 0 Å². The van der Waals surface area contributed by atoms with Crippen LogP contribution >= 0.6 is 0 Å². The molecule has 4 nitrogen and oxygen atoms in total. The minimum Gasteiger partial charge on any atom is -0.469 e. The minimum absolute atomic E-state index is 0.322. The second-order valence-corrected chi connectivity index (χ2v) is 4.92. The zero-order valence-electron chi connectivity index (χ0n) is 11.5. The number of methoxy groups -OCH3 is 1. The SMILES string of the molecule is CCOC(=O)C1C=C2CCCCC2=CC1C(=O)OC. The fraction of sp³-hybridized carbons (Fsp3) is 0.600. The quantitative estimate of drug-likeness (QED) is 0.734. The van der Waals surface area contributed by atoms with E-state index < -0.39 is 11.8 Å². The fourth-order valence-corrected chi connectivity index (χ4v) is 2.78. The highest BCUT2D eigenvalue weighted by Crippen LogP contribution is 2.37. The lowest BCUT2D eigenvalue weighted by Crippen LogP contribution is -2.32. The molecule has 1 fully saturated rings. The van der Waals surface area contributed by atoms with Gasteiger partial charge < -0.3 is 9.47 Å². The standard InChI is InChI=1S/C15H20O4/c1-3-19-15(17)13-9-11-7-5-4-6-10(11)8-12(13)14(16)18-2/h8-9,12-13H,3-7H2,1-2H3. The van der Waals surface area contributed by atoms with Gasteiger partial charge in [0.1, 0.15) is 0 Å². The van der Waals surface area contributed by atoms with E-state index in [4.69, 9.17) is 9.47 Å². The average molecular weight is 264 g/mol. The van der Waals surface area contributed by atoms with Crippen molar-refractivity contribution in [1.29, 1.82) is 0 Å². The summed E-state index contributed by atoms with van der Waals surface area (Å²) in [5.41, 5.74) is 2.40. The summed E-state index contributed by atoms with van der Waals surface area (Å²) < 4.78 is 9.87. The summed E-state index contributed by atoms with van der Waals surface area (Å²) in [6.45, 7) is 2.09. The highest BCUT2D eigenvalue weighted by atomic mass is 16.5. The first-order chi connectivity index (χ1) is 9.17. The monoisotopic (exact) mass is 264 g/mol. The molecule has 0 aliphatic heterocycles. The molecule has 2 atom stereocenters. The maximum absolute atomic E-state index is 12.0. The fourth-order valence-electron chi connectivity index (χ4n) is 2.78. The Balaban J connectivity index is 2.27. The lowest BCUT2D eigenvalue weighted by atomic mass is 9.77. The van der Waals surface area contributed by atoms with E-state index in [-0.39, 0.29) is 11.9 Å². The summed E-state index contributed by atoms with van der Waals surface area (Å²) in [6.07, 6.45) is 8.06. The molecule has 19 heavy (non-hydrogen) atoms. The van der Waals surface area contributed by atoms with Crippen LogP contribution in [0.3, 0.4) is 0 Å². The number of hydrogen-bond acceptors (Lipinski definition) is 4. The number of allylic oxidation sites excluding steroid dienone is 2. The van der Waals surface area contributed by atoms with Crippen LogP contribution in [0.15, 0.2) is 23.3 Å². The highest BCUT2D eigenvalue weighted by molar-refractivity contribution is 5.86. The molecular weight excluding hydrogens is 244 g/mol. The van der Waals surface area contributed by atoms with Crippen LogP contribution in [-0.2, 0) is 19.1 Å². The topological polar surface area (TPSA) is 52.6 Å².